The van der Waals surface area contributed by atoms with Crippen LogP contribution >= 0.6 is 0 Å². The molecule has 256 valence electrons. The van der Waals surface area contributed by atoms with Gasteiger partial charge in [-0.3, -0.25) is 0 Å². The topological polar surface area (TPSA) is 51.8 Å². The van der Waals surface area contributed by atoms with Gasteiger partial charge in [0.25, 0.3) is 0 Å². The van der Waals surface area contributed by atoms with Crippen molar-refractivity contribution in [1.29, 1.82) is 0 Å². The quantitative estimate of drug-likeness (QED) is 0.179. The fourth-order valence-corrected chi connectivity index (χ4v) is 7.86. The zero-order valence-corrected chi connectivity index (χ0v) is 29.6. The maximum Gasteiger partial charge on any atom is 0.164 e. The molecule has 4 heteroatoms. The van der Waals surface area contributed by atoms with Gasteiger partial charge in [-0.15, -0.1) is 0 Å². The average Bonchev–Trinajstić information content (AvgIpc) is 3.62. The van der Waals surface area contributed by atoms with E-state index in [4.69, 9.17) is 19.4 Å². The second kappa shape index (κ2) is 12.6. The number of furan rings is 1. The first kappa shape index (κ1) is 31.1. The molecule has 4 nitrogen and oxygen atoms in total. The van der Waals surface area contributed by atoms with Gasteiger partial charge in [0.15, 0.2) is 17.5 Å². The van der Waals surface area contributed by atoms with Crippen LogP contribution in [0.3, 0.4) is 0 Å². The molecular formula is C51H31N3O. The number of fused-ring (bicyclic) bond motifs is 6. The molecule has 0 fully saturated rings. The van der Waals surface area contributed by atoms with Gasteiger partial charge >= 0.3 is 0 Å². The molecule has 0 unspecified atom stereocenters. The molecule has 0 saturated heterocycles. The second-order valence-electron chi connectivity index (χ2n) is 14.1. The number of rotatable bonds is 5. The van der Waals surface area contributed by atoms with E-state index >= 15 is 0 Å². The maximum absolute atomic E-state index is 6.27. The van der Waals surface area contributed by atoms with Gasteiger partial charge in [0, 0.05) is 27.5 Å². The molecule has 0 saturated carbocycles. The van der Waals surface area contributed by atoms with Crippen LogP contribution in [0.25, 0.3) is 111 Å². The molecule has 2 heterocycles. The summed E-state index contributed by atoms with van der Waals surface area (Å²) in [6.45, 7) is 0. The minimum atomic E-state index is 0.610. The lowest BCUT2D eigenvalue weighted by atomic mass is 9.95. The standard InChI is InChI=1S/C51H31N3O/c1-3-11-32(12-4-1)35-21-19-33-20-23-38(27-40(33)25-35)49-52-50(39-24-22-36-29-46-44-17-9-10-18-47(44)55-48(46)31-41(36)28-39)54-51(53-49)42-26-37-15-7-8-16-43(37)45(30-42)34-13-5-2-6-14-34/h1-31H. The predicted octanol–water partition coefficient (Wildman–Crippen LogP) is 13.6. The number of hydrogen-bond acceptors (Lipinski definition) is 4. The predicted molar refractivity (Wildman–Crippen MR) is 227 cm³/mol. The number of para-hydroxylation sites is 1. The zero-order chi connectivity index (χ0) is 36.3. The van der Waals surface area contributed by atoms with Crippen LogP contribution in [0.5, 0.6) is 0 Å². The molecule has 11 aromatic rings. The third-order valence-electron chi connectivity index (χ3n) is 10.6. The Labute approximate surface area is 317 Å². The molecule has 0 aliphatic rings. The Morgan fingerprint density at radius 1 is 0.273 bits per heavy atom. The summed E-state index contributed by atoms with van der Waals surface area (Å²) in [4.78, 5) is 15.6. The molecule has 2 aromatic heterocycles. The SMILES string of the molecule is c1ccc(-c2ccc3ccc(-c4nc(-c5ccc6cc7c(cc6c5)oc5ccccc57)nc(-c5cc(-c6ccccc6)c6ccccc6c5)n4)cc3c2)cc1. The van der Waals surface area contributed by atoms with E-state index in [1.54, 1.807) is 0 Å². The first-order chi connectivity index (χ1) is 27.2. The summed E-state index contributed by atoms with van der Waals surface area (Å²) in [7, 11) is 0. The lowest BCUT2D eigenvalue weighted by Crippen LogP contribution is -2.00. The Hall–Kier alpha value is -7.43. The largest absolute Gasteiger partial charge is 0.456 e. The Morgan fingerprint density at radius 3 is 1.56 bits per heavy atom. The van der Waals surface area contributed by atoms with Gasteiger partial charge in [0.2, 0.25) is 0 Å². The summed E-state index contributed by atoms with van der Waals surface area (Å²) in [5, 5.41) is 9.01. The Balaban J connectivity index is 1.11. The number of hydrogen-bond donors (Lipinski definition) is 0. The number of aromatic nitrogens is 3. The molecular weight excluding hydrogens is 671 g/mol. The molecule has 0 N–H and O–H groups in total. The smallest absolute Gasteiger partial charge is 0.164 e. The van der Waals surface area contributed by atoms with E-state index in [0.29, 0.717) is 17.5 Å². The molecule has 0 bridgehead atoms. The number of benzene rings is 9. The minimum Gasteiger partial charge on any atom is -0.456 e. The highest BCUT2D eigenvalue weighted by Gasteiger charge is 2.17. The van der Waals surface area contributed by atoms with Crippen molar-refractivity contribution in [2.45, 2.75) is 0 Å². The van der Waals surface area contributed by atoms with Crippen molar-refractivity contribution < 1.29 is 4.42 Å². The van der Waals surface area contributed by atoms with Crippen LogP contribution in [0, 0.1) is 0 Å². The van der Waals surface area contributed by atoms with E-state index < -0.39 is 0 Å². The molecule has 0 spiro atoms. The number of nitrogens with zero attached hydrogens (tertiary/aromatic N) is 3. The van der Waals surface area contributed by atoms with Crippen LogP contribution in [-0.4, -0.2) is 15.0 Å². The molecule has 55 heavy (non-hydrogen) atoms. The molecule has 9 aromatic carbocycles. The zero-order valence-electron chi connectivity index (χ0n) is 29.6. The van der Waals surface area contributed by atoms with Crippen molar-refractivity contribution in [2.75, 3.05) is 0 Å². The Kier molecular flexibility index (Phi) is 7.14. The van der Waals surface area contributed by atoms with Crippen LogP contribution in [0.2, 0.25) is 0 Å². The fraction of sp³-hybridized carbons (Fsp3) is 0. The minimum absolute atomic E-state index is 0.610. The van der Waals surface area contributed by atoms with Crippen molar-refractivity contribution in [1.82, 2.24) is 15.0 Å². The van der Waals surface area contributed by atoms with E-state index in [9.17, 15) is 0 Å². The third-order valence-corrected chi connectivity index (χ3v) is 10.6. The molecule has 0 aliphatic carbocycles. The first-order valence-corrected chi connectivity index (χ1v) is 18.5. The molecule has 0 atom stereocenters. The lowest BCUT2D eigenvalue weighted by Gasteiger charge is -2.13. The fourth-order valence-electron chi connectivity index (χ4n) is 7.86. The van der Waals surface area contributed by atoms with Crippen LogP contribution in [-0.2, 0) is 0 Å². The molecule has 0 radical (unpaired) electrons. The van der Waals surface area contributed by atoms with Crippen molar-refractivity contribution in [3.05, 3.63) is 188 Å². The highest BCUT2D eigenvalue weighted by atomic mass is 16.3. The van der Waals surface area contributed by atoms with Gasteiger partial charge < -0.3 is 4.42 Å². The molecule has 0 aliphatic heterocycles. The first-order valence-electron chi connectivity index (χ1n) is 18.5. The van der Waals surface area contributed by atoms with E-state index in [1.165, 1.54) is 16.5 Å². The van der Waals surface area contributed by atoms with Crippen molar-refractivity contribution in [3.63, 3.8) is 0 Å². The van der Waals surface area contributed by atoms with Gasteiger partial charge in [0.05, 0.1) is 0 Å². The molecule has 11 rings (SSSR count). The van der Waals surface area contributed by atoms with E-state index in [0.717, 1.165) is 76.7 Å². The Bertz CT molecular complexity index is 3260. The van der Waals surface area contributed by atoms with E-state index in [-0.39, 0.29) is 0 Å². The van der Waals surface area contributed by atoms with Crippen LogP contribution < -0.4 is 0 Å². The molecule has 0 amide bonds. The highest BCUT2D eigenvalue weighted by molar-refractivity contribution is 6.10. The Morgan fingerprint density at radius 2 is 0.818 bits per heavy atom. The van der Waals surface area contributed by atoms with Crippen molar-refractivity contribution in [2.24, 2.45) is 0 Å². The summed E-state index contributed by atoms with van der Waals surface area (Å²) in [6, 6.07) is 65.9. The van der Waals surface area contributed by atoms with Crippen molar-refractivity contribution >= 4 is 54.3 Å². The van der Waals surface area contributed by atoms with Crippen molar-refractivity contribution in [3.8, 4) is 56.4 Å². The summed E-state index contributed by atoms with van der Waals surface area (Å²) in [6.07, 6.45) is 0. The average molecular weight is 702 g/mol. The van der Waals surface area contributed by atoms with E-state index in [2.05, 4.69) is 170 Å². The summed E-state index contributed by atoms with van der Waals surface area (Å²) in [5.41, 5.74) is 9.14. The highest BCUT2D eigenvalue weighted by Crippen LogP contribution is 2.37. The summed E-state index contributed by atoms with van der Waals surface area (Å²) in [5.74, 6) is 1.85. The maximum atomic E-state index is 6.27. The van der Waals surface area contributed by atoms with Gasteiger partial charge in [-0.1, -0.05) is 140 Å². The van der Waals surface area contributed by atoms with Crippen LogP contribution in [0.15, 0.2) is 192 Å². The van der Waals surface area contributed by atoms with Gasteiger partial charge in [-0.25, -0.2) is 15.0 Å². The van der Waals surface area contributed by atoms with Gasteiger partial charge in [0.1, 0.15) is 11.2 Å². The third kappa shape index (κ3) is 5.51. The summed E-state index contributed by atoms with van der Waals surface area (Å²) < 4.78 is 6.27. The summed E-state index contributed by atoms with van der Waals surface area (Å²) >= 11 is 0. The lowest BCUT2D eigenvalue weighted by molar-refractivity contribution is 0.669. The second-order valence-corrected chi connectivity index (χ2v) is 14.1. The monoisotopic (exact) mass is 701 g/mol. The van der Waals surface area contributed by atoms with Crippen LogP contribution in [0.4, 0.5) is 0 Å². The van der Waals surface area contributed by atoms with E-state index in [1.807, 2.05) is 18.2 Å². The normalized spacial score (nSPS) is 11.6. The van der Waals surface area contributed by atoms with Gasteiger partial charge in [-0.05, 0) is 103 Å². The van der Waals surface area contributed by atoms with Crippen LogP contribution in [0.1, 0.15) is 0 Å². The van der Waals surface area contributed by atoms with Gasteiger partial charge in [-0.2, -0.15) is 0 Å².